The van der Waals surface area contributed by atoms with E-state index in [9.17, 15) is 24.3 Å². The molecule has 3 amide bonds. The number of hydrazone groups is 1. The lowest BCUT2D eigenvalue weighted by Gasteiger charge is -2.30. The van der Waals surface area contributed by atoms with E-state index in [1.165, 1.54) is 87.0 Å². The topological polar surface area (TPSA) is 119 Å². The Kier molecular flexibility index (Phi) is 18.0. The van der Waals surface area contributed by atoms with Crippen LogP contribution in [-0.4, -0.2) is 52.1 Å². The zero-order valence-electron chi connectivity index (χ0n) is 27.4. The number of carbonyl (C=O) groups excluding carboxylic acids is 3. The molecule has 0 bridgehead atoms. The lowest BCUT2D eigenvalue weighted by molar-refractivity contribution is -0.153. The Morgan fingerprint density at radius 3 is 1.82 bits per heavy atom. The number of carbonyl (C=O) groups is 4. The van der Waals surface area contributed by atoms with Crippen LogP contribution in [0.3, 0.4) is 0 Å². The highest BCUT2D eigenvalue weighted by Crippen LogP contribution is 2.20. The monoisotopic (exact) mass is 612 g/mol. The fourth-order valence-electron chi connectivity index (χ4n) is 5.57. The van der Waals surface area contributed by atoms with Gasteiger partial charge in [0.1, 0.15) is 11.9 Å². The van der Waals surface area contributed by atoms with Crippen molar-refractivity contribution in [3.05, 3.63) is 30.3 Å². The van der Waals surface area contributed by atoms with Crippen molar-refractivity contribution in [2.75, 3.05) is 11.6 Å². The standard InChI is InChI=1S/C35H56N4O5/c1-4-5-6-7-8-9-10-11-12-13-14-15-16-17-18-22-25-38(34(42)28(2)3)30(35(43)44)26-32(40)36-31-27-33(41)39(37-31)29-23-20-19-21-24-29/h19-21,23-24,28,30H,4-18,22,25-27H2,1-3H3,(H,43,44)(H,36,37,40)/t30-/m0/s1. The second-order valence-corrected chi connectivity index (χ2v) is 12.4. The van der Waals surface area contributed by atoms with Crippen LogP contribution in [0.15, 0.2) is 35.4 Å². The van der Waals surface area contributed by atoms with Gasteiger partial charge in [0, 0.05) is 12.5 Å². The number of hydrogen-bond acceptors (Lipinski definition) is 5. The van der Waals surface area contributed by atoms with Gasteiger partial charge in [-0.2, -0.15) is 10.1 Å². The summed E-state index contributed by atoms with van der Waals surface area (Å²) in [7, 11) is 0. The first-order valence-corrected chi connectivity index (χ1v) is 17.0. The van der Waals surface area contributed by atoms with E-state index in [1.54, 1.807) is 38.1 Å². The van der Waals surface area contributed by atoms with E-state index >= 15 is 0 Å². The number of rotatable bonds is 23. The minimum Gasteiger partial charge on any atom is -0.480 e. The first-order chi connectivity index (χ1) is 21.2. The van der Waals surface area contributed by atoms with Gasteiger partial charge in [0.2, 0.25) is 11.8 Å². The minimum absolute atomic E-state index is 0.0911. The molecule has 0 saturated heterocycles. The van der Waals surface area contributed by atoms with E-state index in [4.69, 9.17) is 0 Å². The summed E-state index contributed by atoms with van der Waals surface area (Å²) in [4.78, 5) is 51.9. The SMILES string of the molecule is CCCCCCCCCCCCCCCCCCN(C(=O)C(C)C)[C@@H](CC(=O)NC1=NN(c2ccccc2)C(=O)C1)C(=O)O. The third kappa shape index (κ3) is 14.0. The second kappa shape index (κ2) is 21.5. The molecule has 1 aliphatic heterocycles. The number of hydrogen-bond donors (Lipinski definition) is 2. The van der Waals surface area contributed by atoms with Gasteiger partial charge in [0.15, 0.2) is 0 Å². The van der Waals surface area contributed by atoms with Crippen LogP contribution in [0.25, 0.3) is 0 Å². The zero-order valence-corrected chi connectivity index (χ0v) is 27.4. The molecule has 2 rings (SSSR count). The molecule has 0 spiro atoms. The van der Waals surface area contributed by atoms with Crippen LogP contribution in [0, 0.1) is 5.92 Å². The molecular weight excluding hydrogens is 556 g/mol. The normalized spacial score (nSPS) is 13.7. The molecule has 0 fully saturated rings. The van der Waals surface area contributed by atoms with E-state index in [0.717, 1.165) is 19.3 Å². The average molecular weight is 613 g/mol. The number of anilines is 1. The summed E-state index contributed by atoms with van der Waals surface area (Å²) in [5.41, 5.74) is 0.581. The molecule has 0 unspecified atom stereocenters. The molecule has 0 aromatic heterocycles. The molecule has 1 heterocycles. The van der Waals surface area contributed by atoms with Crippen LogP contribution in [-0.2, 0) is 19.2 Å². The van der Waals surface area contributed by atoms with Crippen LogP contribution in [0.1, 0.15) is 136 Å². The molecule has 246 valence electrons. The van der Waals surface area contributed by atoms with Crippen molar-refractivity contribution in [1.82, 2.24) is 10.2 Å². The van der Waals surface area contributed by atoms with Crippen LogP contribution < -0.4 is 10.3 Å². The number of benzene rings is 1. The van der Waals surface area contributed by atoms with Gasteiger partial charge < -0.3 is 15.3 Å². The van der Waals surface area contributed by atoms with Crippen LogP contribution in [0.2, 0.25) is 0 Å². The number of carboxylic acid groups (broad SMARTS) is 1. The smallest absolute Gasteiger partial charge is 0.326 e. The number of carboxylic acids is 1. The third-order valence-electron chi connectivity index (χ3n) is 8.13. The number of para-hydroxylation sites is 1. The molecule has 0 aliphatic carbocycles. The summed E-state index contributed by atoms with van der Waals surface area (Å²) in [6.07, 6.45) is 19.3. The van der Waals surface area contributed by atoms with Gasteiger partial charge >= 0.3 is 5.97 Å². The molecule has 9 nitrogen and oxygen atoms in total. The number of aliphatic carboxylic acids is 1. The molecule has 2 N–H and O–H groups in total. The van der Waals surface area contributed by atoms with E-state index in [0.29, 0.717) is 18.7 Å². The first-order valence-electron chi connectivity index (χ1n) is 17.0. The summed E-state index contributed by atoms with van der Waals surface area (Å²) in [5.74, 6) is -2.62. The lowest BCUT2D eigenvalue weighted by atomic mass is 10.0. The maximum Gasteiger partial charge on any atom is 0.326 e. The number of amidine groups is 1. The van der Waals surface area contributed by atoms with Crippen molar-refractivity contribution >= 4 is 35.2 Å². The minimum atomic E-state index is -1.29. The molecular formula is C35H56N4O5. The Labute approximate surface area is 264 Å². The van der Waals surface area contributed by atoms with Crippen molar-refractivity contribution in [2.45, 2.75) is 142 Å². The number of nitrogens with one attached hydrogen (secondary N) is 1. The van der Waals surface area contributed by atoms with Gasteiger partial charge in [-0.1, -0.05) is 135 Å². The molecule has 1 aromatic carbocycles. The molecule has 1 aromatic rings. The zero-order chi connectivity index (χ0) is 32.2. The predicted octanol–water partition coefficient (Wildman–Crippen LogP) is 7.44. The van der Waals surface area contributed by atoms with Gasteiger partial charge in [-0.25, -0.2) is 4.79 Å². The molecule has 0 saturated carbocycles. The van der Waals surface area contributed by atoms with Crippen molar-refractivity contribution < 1.29 is 24.3 Å². The first kappa shape index (κ1) is 37.0. The second-order valence-electron chi connectivity index (χ2n) is 12.4. The predicted molar refractivity (Wildman–Crippen MR) is 176 cm³/mol. The highest BCUT2D eigenvalue weighted by molar-refractivity contribution is 6.15. The Morgan fingerprint density at radius 2 is 1.34 bits per heavy atom. The quantitative estimate of drug-likeness (QED) is 0.124. The van der Waals surface area contributed by atoms with Crippen molar-refractivity contribution in [2.24, 2.45) is 11.0 Å². The Balaban J connectivity index is 1.72. The maximum absolute atomic E-state index is 13.0. The highest BCUT2D eigenvalue weighted by atomic mass is 16.4. The van der Waals surface area contributed by atoms with E-state index in [2.05, 4.69) is 17.3 Å². The Bertz CT molecular complexity index is 1040. The van der Waals surface area contributed by atoms with E-state index in [-0.39, 0.29) is 24.1 Å². The Morgan fingerprint density at radius 1 is 0.841 bits per heavy atom. The van der Waals surface area contributed by atoms with Crippen LogP contribution >= 0.6 is 0 Å². The molecule has 9 heteroatoms. The van der Waals surface area contributed by atoms with Crippen molar-refractivity contribution in [1.29, 1.82) is 0 Å². The fraction of sp³-hybridized carbons (Fsp3) is 0.686. The van der Waals surface area contributed by atoms with Crippen molar-refractivity contribution in [3.63, 3.8) is 0 Å². The highest BCUT2D eigenvalue weighted by Gasteiger charge is 2.34. The van der Waals surface area contributed by atoms with Gasteiger partial charge in [0.05, 0.1) is 18.5 Å². The summed E-state index contributed by atoms with van der Waals surface area (Å²) >= 11 is 0. The molecule has 1 aliphatic rings. The maximum atomic E-state index is 13.0. The summed E-state index contributed by atoms with van der Waals surface area (Å²) in [6.45, 7) is 6.02. The van der Waals surface area contributed by atoms with Crippen molar-refractivity contribution in [3.8, 4) is 0 Å². The Hall–Kier alpha value is -3.23. The number of amides is 3. The summed E-state index contributed by atoms with van der Waals surface area (Å²) in [6, 6.07) is 7.58. The van der Waals surface area contributed by atoms with Crippen LogP contribution in [0.4, 0.5) is 5.69 Å². The lowest BCUT2D eigenvalue weighted by Crippen LogP contribution is -2.49. The molecule has 44 heavy (non-hydrogen) atoms. The van der Waals surface area contributed by atoms with Gasteiger partial charge in [-0.3, -0.25) is 14.4 Å². The number of nitrogens with zero attached hydrogens (tertiary/aromatic N) is 3. The van der Waals surface area contributed by atoms with Gasteiger partial charge in [0.25, 0.3) is 5.91 Å². The molecule has 1 atom stereocenters. The number of unbranched alkanes of at least 4 members (excludes halogenated alkanes) is 15. The fourth-order valence-corrected chi connectivity index (χ4v) is 5.57. The van der Waals surface area contributed by atoms with E-state index < -0.39 is 30.3 Å². The summed E-state index contributed by atoms with van der Waals surface area (Å²) < 4.78 is 0. The third-order valence-corrected chi connectivity index (χ3v) is 8.13. The summed E-state index contributed by atoms with van der Waals surface area (Å²) in [5, 5.41) is 18.0. The molecule has 0 radical (unpaired) electrons. The van der Waals surface area contributed by atoms with Crippen LogP contribution in [0.5, 0.6) is 0 Å². The van der Waals surface area contributed by atoms with E-state index in [1.807, 2.05) is 6.07 Å². The largest absolute Gasteiger partial charge is 0.480 e. The average Bonchev–Trinajstić information content (AvgIpc) is 3.37. The van der Waals surface area contributed by atoms with Gasteiger partial charge in [-0.05, 0) is 18.6 Å². The van der Waals surface area contributed by atoms with Gasteiger partial charge in [-0.15, -0.1) is 0 Å².